The molecule has 0 nitrogen and oxygen atoms in total. The molecule has 3 rings (SSSR count). The molecule has 0 aromatic heterocycles. The molecular formula is C19H19Cl3SiTi. The number of halogens is 3. The van der Waals surface area contributed by atoms with Crippen LogP contribution < -0.4 is 47.6 Å². The topological polar surface area (TPSA) is 0 Å². The maximum Gasteiger partial charge on any atom is 4.00 e. The zero-order valence-corrected chi connectivity index (χ0v) is 18.7. The van der Waals surface area contributed by atoms with Gasteiger partial charge in [0.25, 0.3) is 0 Å². The second kappa shape index (κ2) is 12.1. The van der Waals surface area contributed by atoms with E-state index in [1.165, 1.54) is 21.5 Å². The fourth-order valence-electron chi connectivity index (χ4n) is 3.07. The molecule has 0 bridgehead atoms. The number of hydrogen-bond donors (Lipinski definition) is 0. The van der Waals surface area contributed by atoms with Crippen molar-refractivity contribution in [2.75, 3.05) is 0 Å². The van der Waals surface area contributed by atoms with Crippen LogP contribution in [0.1, 0.15) is 20.3 Å². The van der Waals surface area contributed by atoms with E-state index in [9.17, 15) is 0 Å². The molecule has 5 heteroatoms. The van der Waals surface area contributed by atoms with Gasteiger partial charge in [0, 0.05) is 8.80 Å². The number of allylic oxidation sites excluding steroid dienone is 4. The summed E-state index contributed by atoms with van der Waals surface area (Å²) in [5.41, 5.74) is 2.74. The molecule has 0 amide bonds. The Labute approximate surface area is 180 Å². The van der Waals surface area contributed by atoms with Crippen LogP contribution in [0.3, 0.4) is 0 Å². The van der Waals surface area contributed by atoms with E-state index >= 15 is 0 Å². The van der Waals surface area contributed by atoms with Crippen LogP contribution in [-0.2, 0) is 21.7 Å². The first-order valence-corrected chi connectivity index (χ1v) is 8.88. The monoisotopic (exact) mass is 428 g/mol. The Kier molecular flexibility index (Phi) is 13.1. The van der Waals surface area contributed by atoms with Gasteiger partial charge in [-0.25, -0.2) is 16.8 Å². The van der Waals surface area contributed by atoms with Crippen molar-refractivity contribution in [1.82, 2.24) is 0 Å². The van der Waals surface area contributed by atoms with Crippen LogP contribution in [0.25, 0.3) is 0 Å². The molecule has 0 saturated carbocycles. The van der Waals surface area contributed by atoms with Crippen molar-refractivity contribution < 1.29 is 58.9 Å². The standard InChI is InChI=1S/C19H19Si.3ClH.Ti/c1-15-13-16(2)19(14-15)20(17-9-5-3-6-10-17)18-11-7-4-8-12-18;;;;/h3-12,20H,14H2,1-2H3;3*1H;/q-1;;;;+4/p-3. The van der Waals surface area contributed by atoms with E-state index in [-0.39, 0.29) is 58.9 Å². The molecule has 0 fully saturated rings. The molecule has 124 valence electrons. The van der Waals surface area contributed by atoms with Gasteiger partial charge in [0.05, 0.1) is 0 Å². The van der Waals surface area contributed by atoms with Crippen LogP contribution in [0.5, 0.6) is 0 Å². The summed E-state index contributed by atoms with van der Waals surface area (Å²) in [7, 11) is -1.30. The van der Waals surface area contributed by atoms with Gasteiger partial charge >= 0.3 is 21.7 Å². The van der Waals surface area contributed by atoms with Crippen LogP contribution in [0.4, 0.5) is 0 Å². The Morgan fingerprint density at radius 2 is 1.17 bits per heavy atom. The van der Waals surface area contributed by atoms with Gasteiger partial charge in [0.2, 0.25) is 0 Å². The third-order valence-electron chi connectivity index (χ3n) is 3.95. The molecule has 0 unspecified atom stereocenters. The summed E-state index contributed by atoms with van der Waals surface area (Å²) >= 11 is 0. The van der Waals surface area contributed by atoms with Gasteiger partial charge in [-0.2, -0.15) is 5.57 Å². The predicted octanol–water partition coefficient (Wildman–Crippen LogP) is -5.95. The van der Waals surface area contributed by atoms with Crippen LogP contribution in [-0.4, -0.2) is 8.80 Å². The Bertz CT molecular complexity index is 630. The van der Waals surface area contributed by atoms with Crippen molar-refractivity contribution in [2.24, 2.45) is 0 Å². The average molecular weight is 430 g/mol. The molecule has 24 heavy (non-hydrogen) atoms. The smallest absolute Gasteiger partial charge is 1.00 e. The fourth-order valence-corrected chi connectivity index (χ4v) is 6.49. The first kappa shape index (κ1) is 26.0. The second-order valence-corrected chi connectivity index (χ2v) is 8.38. The maximum absolute atomic E-state index is 3.52. The zero-order chi connectivity index (χ0) is 13.9. The minimum atomic E-state index is -1.30. The predicted molar refractivity (Wildman–Crippen MR) is 89.0 cm³/mol. The molecule has 0 heterocycles. The van der Waals surface area contributed by atoms with E-state index in [2.05, 4.69) is 80.6 Å². The largest absolute Gasteiger partial charge is 4.00 e. The Morgan fingerprint density at radius 1 is 0.750 bits per heavy atom. The maximum atomic E-state index is 3.52. The first-order chi connectivity index (χ1) is 9.75. The van der Waals surface area contributed by atoms with Crippen LogP contribution in [0.15, 0.2) is 77.0 Å². The van der Waals surface area contributed by atoms with E-state index in [1.807, 2.05) is 0 Å². The molecular weight excluding hydrogens is 411 g/mol. The van der Waals surface area contributed by atoms with Crippen molar-refractivity contribution in [2.45, 2.75) is 20.3 Å². The van der Waals surface area contributed by atoms with Gasteiger partial charge in [0.15, 0.2) is 0 Å². The normalized spacial score (nSPS) is 12.4. The summed E-state index contributed by atoms with van der Waals surface area (Å²) in [6.45, 7) is 4.41. The van der Waals surface area contributed by atoms with E-state index in [1.54, 1.807) is 5.20 Å². The van der Waals surface area contributed by atoms with E-state index < -0.39 is 8.80 Å². The van der Waals surface area contributed by atoms with Crippen molar-refractivity contribution in [3.63, 3.8) is 0 Å². The quantitative estimate of drug-likeness (QED) is 0.337. The SMILES string of the molecule is CC1=[C-]C(C)=C([SiH](c2ccccc2)c2ccccc2)C1.[Cl-].[Cl-].[Cl-].[Ti+4]. The minimum Gasteiger partial charge on any atom is -1.00 e. The fraction of sp³-hybridized carbons (Fsp3) is 0.158. The molecule has 2 aromatic rings. The number of hydrogen-bond acceptors (Lipinski definition) is 0. The molecule has 0 atom stereocenters. The van der Waals surface area contributed by atoms with E-state index in [0.29, 0.717) is 0 Å². The Hall–Kier alpha value is -0.279. The Balaban J connectivity index is 0. The molecule has 0 spiro atoms. The molecule has 0 aliphatic heterocycles. The molecule has 0 N–H and O–H groups in total. The molecule has 1 aliphatic carbocycles. The van der Waals surface area contributed by atoms with Gasteiger partial charge < -0.3 is 37.2 Å². The second-order valence-electron chi connectivity index (χ2n) is 5.49. The summed E-state index contributed by atoms with van der Waals surface area (Å²) in [6.07, 6.45) is 4.62. The third kappa shape index (κ3) is 5.91. The van der Waals surface area contributed by atoms with E-state index in [0.717, 1.165) is 6.42 Å². The Morgan fingerprint density at radius 3 is 1.50 bits per heavy atom. The van der Waals surface area contributed by atoms with Crippen LogP contribution in [0, 0.1) is 6.08 Å². The summed E-state index contributed by atoms with van der Waals surface area (Å²) < 4.78 is 0. The van der Waals surface area contributed by atoms with Gasteiger partial charge in [0.1, 0.15) is 0 Å². The van der Waals surface area contributed by atoms with Crippen molar-refractivity contribution in [3.8, 4) is 0 Å². The minimum absolute atomic E-state index is 0. The number of benzene rings is 2. The molecule has 2 aromatic carbocycles. The van der Waals surface area contributed by atoms with Crippen LogP contribution in [0.2, 0.25) is 0 Å². The number of rotatable bonds is 3. The van der Waals surface area contributed by atoms with Gasteiger partial charge in [-0.1, -0.05) is 91.3 Å². The van der Waals surface area contributed by atoms with Gasteiger partial charge in [-0.15, -0.1) is 0 Å². The summed E-state index contributed by atoms with van der Waals surface area (Å²) in [4.78, 5) is 0. The molecule has 0 saturated heterocycles. The van der Waals surface area contributed by atoms with E-state index in [4.69, 9.17) is 0 Å². The third-order valence-corrected chi connectivity index (χ3v) is 7.39. The van der Waals surface area contributed by atoms with Crippen molar-refractivity contribution in [3.05, 3.63) is 83.1 Å². The molecule has 0 radical (unpaired) electrons. The zero-order valence-electron chi connectivity index (χ0n) is 13.7. The first-order valence-electron chi connectivity index (χ1n) is 7.14. The van der Waals surface area contributed by atoms with Crippen LogP contribution >= 0.6 is 0 Å². The van der Waals surface area contributed by atoms with Crippen molar-refractivity contribution >= 4 is 19.2 Å². The summed E-state index contributed by atoms with van der Waals surface area (Å²) in [5, 5.41) is 4.63. The van der Waals surface area contributed by atoms with Gasteiger partial charge in [-0.3, -0.25) is 0 Å². The van der Waals surface area contributed by atoms with Crippen molar-refractivity contribution in [1.29, 1.82) is 0 Å². The summed E-state index contributed by atoms with van der Waals surface area (Å²) in [5.74, 6) is 0. The summed E-state index contributed by atoms with van der Waals surface area (Å²) in [6, 6.07) is 22.0. The average Bonchev–Trinajstić information content (AvgIpc) is 2.80. The van der Waals surface area contributed by atoms with Gasteiger partial charge in [-0.05, 0) is 0 Å². The molecule has 1 aliphatic rings.